The van der Waals surface area contributed by atoms with Crippen LogP contribution in [0.2, 0.25) is 0 Å². The second-order valence-electron chi connectivity index (χ2n) is 7.35. The lowest BCUT2D eigenvalue weighted by atomic mass is 10.1. The maximum Gasteiger partial charge on any atom is 0.234 e. The van der Waals surface area contributed by atoms with E-state index in [0.717, 1.165) is 43.7 Å². The van der Waals surface area contributed by atoms with Gasteiger partial charge in [-0.05, 0) is 68.8 Å². The van der Waals surface area contributed by atoms with Crippen LogP contribution in [0.15, 0.2) is 59.6 Å². The summed E-state index contributed by atoms with van der Waals surface area (Å²) in [6, 6.07) is 15.9. The van der Waals surface area contributed by atoms with Gasteiger partial charge in [-0.15, -0.1) is 21.5 Å². The van der Waals surface area contributed by atoms with Gasteiger partial charge in [0, 0.05) is 11.3 Å². The molecule has 0 aliphatic rings. The smallest absolute Gasteiger partial charge is 0.234 e. The highest BCUT2D eigenvalue weighted by atomic mass is 32.2. The molecule has 2 aromatic carbocycles. The van der Waals surface area contributed by atoms with Crippen molar-refractivity contribution in [2.24, 2.45) is 0 Å². The first-order valence-corrected chi connectivity index (χ1v) is 11.8. The molecule has 0 fully saturated rings. The number of nitrogens with one attached hydrogen (secondary N) is 1. The van der Waals surface area contributed by atoms with Crippen molar-refractivity contribution in [3.05, 3.63) is 77.2 Å². The number of amides is 1. The lowest BCUT2D eigenvalue weighted by molar-refractivity contribution is -0.113. The number of rotatable bonds is 6. The maximum absolute atomic E-state index is 13.2. The number of nitrogens with zero attached hydrogens (tertiary/aromatic N) is 3. The van der Waals surface area contributed by atoms with Gasteiger partial charge in [-0.1, -0.05) is 29.5 Å². The van der Waals surface area contributed by atoms with E-state index in [9.17, 15) is 9.18 Å². The van der Waals surface area contributed by atoms with Crippen LogP contribution >= 0.6 is 23.1 Å². The Labute approximate surface area is 194 Å². The molecule has 5 nitrogen and oxygen atoms in total. The number of thiazole rings is 1. The number of aryl methyl sites for hydroxylation is 3. The second kappa shape index (κ2) is 9.58. The zero-order valence-corrected chi connectivity index (χ0v) is 19.5. The summed E-state index contributed by atoms with van der Waals surface area (Å²) in [4.78, 5) is 17.8. The molecule has 0 aliphatic heterocycles. The Morgan fingerprint density at radius 3 is 2.50 bits per heavy atom. The van der Waals surface area contributed by atoms with Gasteiger partial charge in [0.2, 0.25) is 5.91 Å². The number of anilines is 1. The quantitative estimate of drug-likeness (QED) is 0.351. The van der Waals surface area contributed by atoms with Gasteiger partial charge in [0.1, 0.15) is 21.5 Å². The Bertz CT molecular complexity index is 1250. The van der Waals surface area contributed by atoms with E-state index < -0.39 is 0 Å². The third kappa shape index (κ3) is 5.20. The third-order valence-corrected chi connectivity index (χ3v) is 6.92. The summed E-state index contributed by atoms with van der Waals surface area (Å²) in [6.45, 7) is 5.91. The van der Waals surface area contributed by atoms with Crippen molar-refractivity contribution >= 4 is 34.7 Å². The number of hydrogen-bond acceptors (Lipinski definition) is 6. The zero-order valence-electron chi connectivity index (χ0n) is 17.8. The van der Waals surface area contributed by atoms with Crippen molar-refractivity contribution in [1.82, 2.24) is 15.2 Å². The summed E-state index contributed by atoms with van der Waals surface area (Å²) in [5.41, 5.74) is 5.44. The van der Waals surface area contributed by atoms with Crippen molar-refractivity contribution in [2.45, 2.75) is 25.8 Å². The minimum absolute atomic E-state index is 0.0879. The average molecular weight is 465 g/mol. The molecule has 1 N–H and O–H groups in total. The Balaban J connectivity index is 1.40. The Hall–Kier alpha value is -3.10. The standard InChI is InChI=1S/C24H21FN4OS2/c1-14-4-9-19(15(2)12-14)27-21(30)13-31-22-11-10-20(28-29-22)23-16(3)26-24(32-23)17-5-7-18(25)8-6-17/h4-12H,13H2,1-3H3,(H,27,30). The highest BCUT2D eigenvalue weighted by molar-refractivity contribution is 7.99. The predicted molar refractivity (Wildman–Crippen MR) is 129 cm³/mol. The molecule has 4 aromatic rings. The SMILES string of the molecule is Cc1ccc(NC(=O)CSc2ccc(-c3sc(-c4ccc(F)cc4)nc3C)nn2)c(C)c1. The summed E-state index contributed by atoms with van der Waals surface area (Å²) in [5, 5.41) is 13.0. The number of benzene rings is 2. The maximum atomic E-state index is 13.2. The van der Waals surface area contributed by atoms with Crippen LogP contribution in [0.25, 0.3) is 21.1 Å². The second-order valence-corrected chi connectivity index (χ2v) is 9.35. The molecule has 2 heterocycles. The molecular weight excluding hydrogens is 443 g/mol. The van der Waals surface area contributed by atoms with Crippen molar-refractivity contribution in [2.75, 3.05) is 11.1 Å². The van der Waals surface area contributed by atoms with E-state index >= 15 is 0 Å². The largest absolute Gasteiger partial charge is 0.325 e. The topological polar surface area (TPSA) is 67.8 Å². The molecule has 4 rings (SSSR count). The number of aromatic nitrogens is 3. The fourth-order valence-corrected chi connectivity index (χ4v) is 4.80. The van der Waals surface area contributed by atoms with Crippen LogP contribution in [0.3, 0.4) is 0 Å². The lowest BCUT2D eigenvalue weighted by Gasteiger charge is -2.08. The van der Waals surface area contributed by atoms with E-state index in [1.165, 1.54) is 35.2 Å². The number of carbonyl (C=O) groups is 1. The van der Waals surface area contributed by atoms with Gasteiger partial charge in [0.05, 0.1) is 16.3 Å². The number of hydrogen-bond donors (Lipinski definition) is 1. The van der Waals surface area contributed by atoms with E-state index in [2.05, 4.69) is 20.5 Å². The van der Waals surface area contributed by atoms with Crippen molar-refractivity contribution in [3.8, 4) is 21.1 Å². The summed E-state index contributed by atoms with van der Waals surface area (Å²) in [5.74, 6) is -0.116. The monoisotopic (exact) mass is 464 g/mol. The molecule has 32 heavy (non-hydrogen) atoms. The first-order valence-electron chi connectivity index (χ1n) is 9.96. The molecule has 0 aliphatic carbocycles. The van der Waals surface area contributed by atoms with E-state index in [-0.39, 0.29) is 17.5 Å². The van der Waals surface area contributed by atoms with Gasteiger partial charge < -0.3 is 5.32 Å². The van der Waals surface area contributed by atoms with Crippen LogP contribution in [0.1, 0.15) is 16.8 Å². The Morgan fingerprint density at radius 2 is 1.81 bits per heavy atom. The summed E-state index contributed by atoms with van der Waals surface area (Å²) < 4.78 is 13.2. The molecule has 0 saturated carbocycles. The van der Waals surface area contributed by atoms with Gasteiger partial charge >= 0.3 is 0 Å². The first-order chi connectivity index (χ1) is 15.4. The lowest BCUT2D eigenvalue weighted by Crippen LogP contribution is -2.15. The van der Waals surface area contributed by atoms with Crippen LogP contribution < -0.4 is 5.32 Å². The van der Waals surface area contributed by atoms with Crippen molar-refractivity contribution < 1.29 is 9.18 Å². The van der Waals surface area contributed by atoms with E-state index in [0.29, 0.717) is 5.03 Å². The van der Waals surface area contributed by atoms with Crippen LogP contribution in [-0.2, 0) is 4.79 Å². The van der Waals surface area contributed by atoms with Gasteiger partial charge in [0.15, 0.2) is 0 Å². The predicted octanol–water partition coefficient (Wildman–Crippen LogP) is 6.06. The molecule has 8 heteroatoms. The zero-order chi connectivity index (χ0) is 22.7. The molecular formula is C24H21FN4OS2. The molecule has 0 spiro atoms. The normalized spacial score (nSPS) is 10.9. The van der Waals surface area contributed by atoms with Crippen LogP contribution in [0.5, 0.6) is 0 Å². The fraction of sp³-hybridized carbons (Fsp3) is 0.167. The number of halogens is 1. The minimum Gasteiger partial charge on any atom is -0.325 e. The molecule has 0 bridgehead atoms. The number of thioether (sulfide) groups is 1. The van der Waals surface area contributed by atoms with Gasteiger partial charge in [0.25, 0.3) is 0 Å². The molecule has 0 radical (unpaired) electrons. The van der Waals surface area contributed by atoms with Crippen LogP contribution in [0.4, 0.5) is 10.1 Å². The third-order valence-electron chi connectivity index (χ3n) is 4.77. The average Bonchev–Trinajstić information content (AvgIpc) is 3.17. The van der Waals surface area contributed by atoms with Crippen LogP contribution in [-0.4, -0.2) is 26.8 Å². The highest BCUT2D eigenvalue weighted by Crippen LogP contribution is 2.34. The van der Waals surface area contributed by atoms with E-state index in [4.69, 9.17) is 0 Å². The number of carbonyl (C=O) groups excluding carboxylic acids is 1. The van der Waals surface area contributed by atoms with Gasteiger partial charge in [-0.25, -0.2) is 9.37 Å². The fourth-order valence-electron chi connectivity index (χ4n) is 3.15. The van der Waals surface area contributed by atoms with E-state index in [1.807, 2.05) is 51.1 Å². The van der Waals surface area contributed by atoms with E-state index in [1.54, 1.807) is 12.1 Å². The molecule has 0 saturated heterocycles. The van der Waals surface area contributed by atoms with Crippen molar-refractivity contribution in [1.29, 1.82) is 0 Å². The van der Waals surface area contributed by atoms with Crippen LogP contribution in [0, 0.1) is 26.6 Å². The Kier molecular flexibility index (Phi) is 6.62. The van der Waals surface area contributed by atoms with Crippen molar-refractivity contribution in [3.63, 3.8) is 0 Å². The van der Waals surface area contributed by atoms with Gasteiger partial charge in [-0.2, -0.15) is 0 Å². The summed E-state index contributed by atoms with van der Waals surface area (Å²) in [6.07, 6.45) is 0. The molecule has 1 amide bonds. The molecule has 0 atom stereocenters. The Morgan fingerprint density at radius 1 is 1.03 bits per heavy atom. The molecule has 2 aromatic heterocycles. The highest BCUT2D eigenvalue weighted by Gasteiger charge is 2.14. The summed E-state index contributed by atoms with van der Waals surface area (Å²) in [7, 11) is 0. The van der Waals surface area contributed by atoms with Gasteiger partial charge in [-0.3, -0.25) is 4.79 Å². The first kappa shape index (κ1) is 22.1. The molecule has 162 valence electrons. The molecule has 0 unspecified atom stereocenters. The minimum atomic E-state index is -0.274. The summed E-state index contributed by atoms with van der Waals surface area (Å²) >= 11 is 2.83.